The van der Waals surface area contributed by atoms with Crippen molar-refractivity contribution in [3.05, 3.63) is 34.1 Å². The highest BCUT2D eigenvalue weighted by molar-refractivity contribution is 6.31. The number of hydrogen-bond donors (Lipinski definition) is 0. The molecule has 0 saturated carbocycles. The van der Waals surface area contributed by atoms with Gasteiger partial charge in [-0.3, -0.25) is 0 Å². The Morgan fingerprint density at radius 3 is 2.40 bits per heavy atom. The van der Waals surface area contributed by atoms with Crippen molar-refractivity contribution in [2.75, 3.05) is 0 Å². The molecule has 0 aliphatic rings. The molecule has 0 spiro atoms. The molecule has 1 aromatic rings. The van der Waals surface area contributed by atoms with Crippen molar-refractivity contribution < 1.29 is 4.39 Å². The lowest BCUT2D eigenvalue weighted by molar-refractivity contribution is 0.626. The van der Waals surface area contributed by atoms with Crippen LogP contribution in [0.3, 0.4) is 0 Å². The van der Waals surface area contributed by atoms with Crippen molar-refractivity contribution >= 4 is 11.6 Å². The number of benzene rings is 1. The second-order valence-electron chi connectivity index (χ2n) is 2.38. The number of aryl methyl sites for hydroxylation is 2. The van der Waals surface area contributed by atoms with Gasteiger partial charge in [0, 0.05) is 0 Å². The van der Waals surface area contributed by atoms with Gasteiger partial charge in [-0.2, -0.15) is 0 Å². The molecule has 0 nitrogen and oxygen atoms in total. The third kappa shape index (κ3) is 1.29. The third-order valence-electron chi connectivity index (χ3n) is 1.35. The van der Waals surface area contributed by atoms with Gasteiger partial charge in [-0.15, -0.1) is 0 Å². The SMILES string of the molecule is Cc1cc(C)c(Cl)c(F)c1. The van der Waals surface area contributed by atoms with Crippen LogP contribution in [0.15, 0.2) is 12.1 Å². The summed E-state index contributed by atoms with van der Waals surface area (Å²) in [6, 6.07) is 3.28. The summed E-state index contributed by atoms with van der Waals surface area (Å²) in [5.41, 5.74) is 1.69. The summed E-state index contributed by atoms with van der Waals surface area (Å²) in [6.45, 7) is 3.63. The summed E-state index contributed by atoms with van der Waals surface area (Å²) in [7, 11) is 0. The van der Waals surface area contributed by atoms with E-state index >= 15 is 0 Å². The Morgan fingerprint density at radius 1 is 1.30 bits per heavy atom. The molecule has 0 saturated heterocycles. The van der Waals surface area contributed by atoms with Crippen LogP contribution in [0.1, 0.15) is 11.1 Å². The Kier molecular flexibility index (Phi) is 1.95. The van der Waals surface area contributed by atoms with E-state index in [0.29, 0.717) is 0 Å². The quantitative estimate of drug-likeness (QED) is 0.544. The van der Waals surface area contributed by atoms with Crippen molar-refractivity contribution in [3.63, 3.8) is 0 Å². The Morgan fingerprint density at radius 2 is 1.90 bits per heavy atom. The maximum Gasteiger partial charge on any atom is 0.142 e. The zero-order valence-corrected chi connectivity index (χ0v) is 6.67. The molecule has 0 radical (unpaired) electrons. The molecule has 0 bridgehead atoms. The molecule has 2 heteroatoms. The molecular formula is C8H8ClF. The van der Waals surface area contributed by atoms with Gasteiger partial charge in [0.15, 0.2) is 0 Å². The molecule has 10 heavy (non-hydrogen) atoms. The monoisotopic (exact) mass is 158 g/mol. The standard InChI is InChI=1S/C8H8ClF/c1-5-3-6(2)8(9)7(10)4-5/h3-4H,1-2H3. The van der Waals surface area contributed by atoms with E-state index in [1.54, 1.807) is 6.92 Å². The minimum Gasteiger partial charge on any atom is -0.205 e. The summed E-state index contributed by atoms with van der Waals surface area (Å²) in [6.07, 6.45) is 0. The molecule has 0 aromatic heterocycles. The average molecular weight is 159 g/mol. The van der Waals surface area contributed by atoms with E-state index in [-0.39, 0.29) is 10.8 Å². The van der Waals surface area contributed by atoms with Crippen LogP contribution in [0.25, 0.3) is 0 Å². The lowest BCUT2D eigenvalue weighted by atomic mass is 10.1. The molecule has 0 aliphatic heterocycles. The second kappa shape index (κ2) is 2.59. The normalized spacial score (nSPS) is 10.0. The van der Waals surface area contributed by atoms with E-state index in [0.717, 1.165) is 11.1 Å². The molecule has 0 fully saturated rings. The zero-order valence-electron chi connectivity index (χ0n) is 5.91. The van der Waals surface area contributed by atoms with Crippen molar-refractivity contribution in [2.45, 2.75) is 13.8 Å². The van der Waals surface area contributed by atoms with Gasteiger partial charge in [-0.05, 0) is 31.0 Å². The van der Waals surface area contributed by atoms with Gasteiger partial charge >= 0.3 is 0 Å². The van der Waals surface area contributed by atoms with Crippen LogP contribution in [-0.4, -0.2) is 0 Å². The molecule has 1 aromatic carbocycles. The first-order valence-electron chi connectivity index (χ1n) is 3.03. The Labute approximate surface area is 64.6 Å². The first-order chi connectivity index (χ1) is 4.61. The van der Waals surface area contributed by atoms with Gasteiger partial charge in [0.2, 0.25) is 0 Å². The van der Waals surface area contributed by atoms with Gasteiger partial charge in [0.25, 0.3) is 0 Å². The maximum atomic E-state index is 12.7. The highest BCUT2D eigenvalue weighted by Crippen LogP contribution is 2.20. The van der Waals surface area contributed by atoms with Crippen molar-refractivity contribution in [1.29, 1.82) is 0 Å². The maximum absolute atomic E-state index is 12.7. The van der Waals surface area contributed by atoms with E-state index in [2.05, 4.69) is 0 Å². The lowest BCUT2D eigenvalue weighted by Gasteiger charge is -1.99. The molecule has 0 atom stereocenters. The summed E-state index contributed by atoms with van der Waals surface area (Å²) >= 11 is 5.57. The van der Waals surface area contributed by atoms with Crippen LogP contribution in [0.4, 0.5) is 4.39 Å². The van der Waals surface area contributed by atoms with Crippen LogP contribution in [0.5, 0.6) is 0 Å². The Hall–Kier alpha value is -0.560. The minimum atomic E-state index is -0.334. The second-order valence-corrected chi connectivity index (χ2v) is 2.76. The molecule has 0 unspecified atom stereocenters. The fourth-order valence-corrected chi connectivity index (χ4v) is 1.01. The molecular weight excluding hydrogens is 151 g/mol. The number of halogens is 2. The summed E-state index contributed by atoms with van der Waals surface area (Å²) < 4.78 is 12.7. The summed E-state index contributed by atoms with van der Waals surface area (Å²) in [4.78, 5) is 0. The molecule has 54 valence electrons. The summed E-state index contributed by atoms with van der Waals surface area (Å²) in [5.74, 6) is -0.334. The third-order valence-corrected chi connectivity index (χ3v) is 1.83. The van der Waals surface area contributed by atoms with E-state index in [1.165, 1.54) is 6.07 Å². The predicted molar refractivity (Wildman–Crippen MR) is 40.9 cm³/mol. The van der Waals surface area contributed by atoms with E-state index in [9.17, 15) is 4.39 Å². The highest BCUT2D eigenvalue weighted by Gasteiger charge is 2.01. The van der Waals surface area contributed by atoms with Crippen molar-refractivity contribution in [2.24, 2.45) is 0 Å². The summed E-state index contributed by atoms with van der Waals surface area (Å²) in [5, 5.41) is 0.227. The minimum absolute atomic E-state index is 0.227. The van der Waals surface area contributed by atoms with Gasteiger partial charge in [-0.25, -0.2) is 4.39 Å². The van der Waals surface area contributed by atoms with Crippen LogP contribution in [-0.2, 0) is 0 Å². The predicted octanol–water partition coefficient (Wildman–Crippen LogP) is 3.10. The molecule has 0 N–H and O–H groups in total. The Balaban J connectivity index is 3.31. The van der Waals surface area contributed by atoms with Gasteiger partial charge in [0.05, 0.1) is 5.02 Å². The van der Waals surface area contributed by atoms with Gasteiger partial charge in [-0.1, -0.05) is 17.7 Å². The van der Waals surface area contributed by atoms with E-state index in [1.807, 2.05) is 13.0 Å². The molecule has 1 rings (SSSR count). The molecule has 0 heterocycles. The molecule has 0 aliphatic carbocycles. The van der Waals surface area contributed by atoms with Crippen LogP contribution < -0.4 is 0 Å². The first kappa shape index (κ1) is 7.55. The van der Waals surface area contributed by atoms with E-state index < -0.39 is 0 Å². The van der Waals surface area contributed by atoms with Crippen molar-refractivity contribution in [3.8, 4) is 0 Å². The first-order valence-corrected chi connectivity index (χ1v) is 3.41. The van der Waals surface area contributed by atoms with E-state index in [4.69, 9.17) is 11.6 Å². The lowest BCUT2D eigenvalue weighted by Crippen LogP contribution is -1.83. The largest absolute Gasteiger partial charge is 0.205 e. The van der Waals surface area contributed by atoms with Crippen LogP contribution in [0.2, 0.25) is 5.02 Å². The van der Waals surface area contributed by atoms with Crippen LogP contribution in [0, 0.1) is 19.7 Å². The molecule has 0 amide bonds. The van der Waals surface area contributed by atoms with Crippen LogP contribution >= 0.6 is 11.6 Å². The highest BCUT2D eigenvalue weighted by atomic mass is 35.5. The fraction of sp³-hybridized carbons (Fsp3) is 0.250. The average Bonchev–Trinajstić information content (AvgIpc) is 1.82. The smallest absolute Gasteiger partial charge is 0.142 e. The van der Waals surface area contributed by atoms with Gasteiger partial charge in [0.1, 0.15) is 5.82 Å². The van der Waals surface area contributed by atoms with Gasteiger partial charge < -0.3 is 0 Å². The number of rotatable bonds is 0. The zero-order chi connectivity index (χ0) is 7.72. The topological polar surface area (TPSA) is 0 Å². The van der Waals surface area contributed by atoms with Crippen molar-refractivity contribution in [1.82, 2.24) is 0 Å². The Bertz CT molecular complexity index is 232. The number of hydrogen-bond acceptors (Lipinski definition) is 0. The fourth-order valence-electron chi connectivity index (χ4n) is 0.898.